The third-order valence-electron chi connectivity index (χ3n) is 2.44. The summed E-state index contributed by atoms with van der Waals surface area (Å²) in [5, 5.41) is 11.9. The molecule has 1 aromatic carbocycles. The molecule has 0 saturated carbocycles. The monoisotopic (exact) mass is 319 g/mol. The van der Waals surface area contributed by atoms with Gasteiger partial charge in [-0.25, -0.2) is 0 Å². The summed E-state index contributed by atoms with van der Waals surface area (Å²) < 4.78 is 5.42. The summed E-state index contributed by atoms with van der Waals surface area (Å²) in [5.41, 5.74) is 0. The lowest BCUT2D eigenvalue weighted by Crippen LogP contribution is -2.42. The van der Waals surface area contributed by atoms with Crippen LogP contribution in [0.1, 0.15) is 20.3 Å². The van der Waals surface area contributed by atoms with Crippen LogP contribution in [0.2, 0.25) is 10.0 Å². The van der Waals surface area contributed by atoms with E-state index in [-0.39, 0.29) is 6.42 Å². The molecule has 0 aliphatic carbocycles. The van der Waals surface area contributed by atoms with Crippen molar-refractivity contribution in [3.63, 3.8) is 0 Å². The van der Waals surface area contributed by atoms with E-state index in [4.69, 9.17) is 33.0 Å². The highest BCUT2D eigenvalue weighted by atomic mass is 35.5. The van der Waals surface area contributed by atoms with E-state index in [1.54, 1.807) is 26.0 Å². The van der Waals surface area contributed by atoms with Gasteiger partial charge in [0.25, 0.3) is 5.91 Å². The Bertz CT molecular complexity index is 507. The molecular formula is C13H15Cl2NO4. The van der Waals surface area contributed by atoms with Crippen molar-refractivity contribution in [1.29, 1.82) is 0 Å². The number of carbonyl (C=O) groups is 2. The summed E-state index contributed by atoms with van der Waals surface area (Å²) in [4.78, 5) is 22.3. The lowest BCUT2D eigenvalue weighted by atomic mass is 10.2. The van der Waals surface area contributed by atoms with Crippen LogP contribution in [0.4, 0.5) is 0 Å². The molecule has 0 spiro atoms. The topological polar surface area (TPSA) is 75.6 Å². The molecule has 2 unspecified atom stereocenters. The highest BCUT2D eigenvalue weighted by molar-refractivity contribution is 6.35. The van der Waals surface area contributed by atoms with Crippen molar-refractivity contribution < 1.29 is 19.4 Å². The fourth-order valence-electron chi connectivity index (χ4n) is 1.49. The maximum atomic E-state index is 11.8. The minimum absolute atomic E-state index is 0.153. The van der Waals surface area contributed by atoms with Crippen molar-refractivity contribution in [3.8, 4) is 5.75 Å². The van der Waals surface area contributed by atoms with Gasteiger partial charge in [-0.05, 0) is 32.0 Å². The summed E-state index contributed by atoms with van der Waals surface area (Å²) in [6.45, 7) is 3.15. The third kappa shape index (κ3) is 5.27. The number of rotatable bonds is 6. The fraction of sp³-hybridized carbons (Fsp3) is 0.385. The highest BCUT2D eigenvalue weighted by Crippen LogP contribution is 2.28. The molecule has 0 radical (unpaired) electrons. The van der Waals surface area contributed by atoms with E-state index in [0.717, 1.165) is 0 Å². The Labute approximate surface area is 126 Å². The summed E-state index contributed by atoms with van der Waals surface area (Å²) in [6.07, 6.45) is -0.954. The van der Waals surface area contributed by atoms with E-state index in [9.17, 15) is 9.59 Å². The minimum atomic E-state index is -0.980. The number of carboxylic acid groups (broad SMARTS) is 1. The first kappa shape index (κ1) is 16.6. The molecule has 7 heteroatoms. The molecule has 0 bridgehead atoms. The number of carbonyl (C=O) groups excluding carboxylic acids is 1. The van der Waals surface area contributed by atoms with Crippen LogP contribution in [0.5, 0.6) is 5.75 Å². The Morgan fingerprint density at radius 1 is 1.35 bits per heavy atom. The van der Waals surface area contributed by atoms with Gasteiger partial charge >= 0.3 is 5.97 Å². The average Bonchev–Trinajstić information content (AvgIpc) is 2.31. The van der Waals surface area contributed by atoms with Crippen LogP contribution in [0, 0.1) is 0 Å². The van der Waals surface area contributed by atoms with Gasteiger partial charge in [0.1, 0.15) is 5.75 Å². The summed E-state index contributed by atoms with van der Waals surface area (Å²) in [5.74, 6) is -1.05. The second-order valence-electron chi connectivity index (χ2n) is 4.34. The number of aliphatic carboxylic acids is 1. The molecular weight excluding hydrogens is 305 g/mol. The standard InChI is InChI=1S/C13H15Cl2NO4/c1-7(5-12(17)18)16-13(19)8(2)20-11-4-3-9(14)6-10(11)15/h3-4,6-8H,5H2,1-2H3,(H,16,19)(H,17,18). The molecule has 0 heterocycles. The zero-order valence-corrected chi connectivity index (χ0v) is 12.5. The van der Waals surface area contributed by atoms with Crippen molar-refractivity contribution >= 4 is 35.1 Å². The van der Waals surface area contributed by atoms with Gasteiger partial charge in [-0.3, -0.25) is 9.59 Å². The predicted molar refractivity (Wildman–Crippen MR) is 76.4 cm³/mol. The third-order valence-corrected chi connectivity index (χ3v) is 2.97. The molecule has 20 heavy (non-hydrogen) atoms. The average molecular weight is 320 g/mol. The van der Waals surface area contributed by atoms with Crippen LogP contribution in [0.15, 0.2) is 18.2 Å². The van der Waals surface area contributed by atoms with Crippen LogP contribution in [0.25, 0.3) is 0 Å². The number of halogens is 2. The minimum Gasteiger partial charge on any atom is -0.481 e. The van der Waals surface area contributed by atoms with Crippen molar-refractivity contribution in [1.82, 2.24) is 5.32 Å². The normalized spacial score (nSPS) is 13.4. The van der Waals surface area contributed by atoms with Gasteiger partial charge in [0.2, 0.25) is 0 Å². The van der Waals surface area contributed by atoms with E-state index in [1.807, 2.05) is 0 Å². The molecule has 0 aliphatic heterocycles. The smallest absolute Gasteiger partial charge is 0.305 e. The van der Waals surface area contributed by atoms with Crippen LogP contribution >= 0.6 is 23.2 Å². The highest BCUT2D eigenvalue weighted by Gasteiger charge is 2.19. The number of hydrogen-bond acceptors (Lipinski definition) is 3. The predicted octanol–water partition coefficient (Wildman–Crippen LogP) is 2.74. The Morgan fingerprint density at radius 2 is 2.00 bits per heavy atom. The number of amides is 1. The molecule has 5 nitrogen and oxygen atoms in total. The SMILES string of the molecule is CC(CC(=O)O)NC(=O)C(C)Oc1ccc(Cl)cc1Cl. The van der Waals surface area contributed by atoms with Crippen molar-refractivity contribution in [2.45, 2.75) is 32.4 Å². The quantitative estimate of drug-likeness (QED) is 0.845. The zero-order valence-electron chi connectivity index (χ0n) is 11.0. The first-order valence-electron chi connectivity index (χ1n) is 5.93. The second kappa shape index (κ2) is 7.36. The van der Waals surface area contributed by atoms with E-state index in [2.05, 4.69) is 5.32 Å². The lowest BCUT2D eigenvalue weighted by Gasteiger charge is -2.18. The maximum absolute atomic E-state index is 11.8. The Hall–Kier alpha value is -1.46. The molecule has 2 atom stereocenters. The molecule has 1 amide bonds. The van der Waals surface area contributed by atoms with Crippen molar-refractivity contribution in [2.75, 3.05) is 0 Å². The van der Waals surface area contributed by atoms with Gasteiger partial charge in [0.05, 0.1) is 11.4 Å². The van der Waals surface area contributed by atoms with Crippen molar-refractivity contribution in [2.24, 2.45) is 0 Å². The van der Waals surface area contributed by atoms with Gasteiger partial charge < -0.3 is 15.2 Å². The first-order valence-corrected chi connectivity index (χ1v) is 6.69. The van der Waals surface area contributed by atoms with Gasteiger partial charge in [-0.2, -0.15) is 0 Å². The zero-order chi connectivity index (χ0) is 15.3. The summed E-state index contributed by atoms with van der Waals surface area (Å²) >= 11 is 11.7. The fourth-order valence-corrected chi connectivity index (χ4v) is 1.94. The van der Waals surface area contributed by atoms with Crippen LogP contribution in [-0.2, 0) is 9.59 Å². The molecule has 1 rings (SSSR count). The molecule has 1 aromatic rings. The van der Waals surface area contributed by atoms with E-state index in [1.165, 1.54) is 6.07 Å². The van der Waals surface area contributed by atoms with E-state index < -0.39 is 24.0 Å². The van der Waals surface area contributed by atoms with E-state index >= 15 is 0 Å². The molecule has 0 fully saturated rings. The Morgan fingerprint density at radius 3 is 2.55 bits per heavy atom. The number of carboxylic acids is 1. The number of hydrogen-bond donors (Lipinski definition) is 2. The van der Waals surface area contributed by atoms with Gasteiger partial charge in [-0.1, -0.05) is 23.2 Å². The van der Waals surface area contributed by atoms with Gasteiger partial charge in [0, 0.05) is 11.1 Å². The molecule has 2 N–H and O–H groups in total. The van der Waals surface area contributed by atoms with Crippen LogP contribution in [0.3, 0.4) is 0 Å². The van der Waals surface area contributed by atoms with Crippen LogP contribution in [-0.4, -0.2) is 29.1 Å². The van der Waals surface area contributed by atoms with Gasteiger partial charge in [0.15, 0.2) is 6.10 Å². The molecule has 0 saturated heterocycles. The number of nitrogens with one attached hydrogen (secondary N) is 1. The molecule has 110 valence electrons. The molecule has 0 aromatic heterocycles. The lowest BCUT2D eigenvalue weighted by molar-refractivity contribution is -0.137. The van der Waals surface area contributed by atoms with Crippen molar-refractivity contribution in [3.05, 3.63) is 28.2 Å². The Balaban J connectivity index is 2.59. The first-order chi connectivity index (χ1) is 9.29. The van der Waals surface area contributed by atoms with Crippen LogP contribution < -0.4 is 10.1 Å². The van der Waals surface area contributed by atoms with E-state index in [0.29, 0.717) is 15.8 Å². The summed E-state index contributed by atoms with van der Waals surface area (Å²) in [6, 6.07) is 4.19. The number of ether oxygens (including phenoxy) is 1. The summed E-state index contributed by atoms with van der Waals surface area (Å²) in [7, 11) is 0. The molecule has 0 aliphatic rings. The second-order valence-corrected chi connectivity index (χ2v) is 5.19. The number of benzene rings is 1. The van der Waals surface area contributed by atoms with Gasteiger partial charge in [-0.15, -0.1) is 0 Å². The maximum Gasteiger partial charge on any atom is 0.305 e. The largest absolute Gasteiger partial charge is 0.481 e. The Kier molecular flexibility index (Phi) is 6.10.